The summed E-state index contributed by atoms with van der Waals surface area (Å²) in [5.41, 5.74) is 5.45. The molecule has 2 N–H and O–H groups in total. The molecule has 68 valence electrons. The predicted octanol–water partition coefficient (Wildman–Crippen LogP) is 1.35. The summed E-state index contributed by atoms with van der Waals surface area (Å²) in [5.74, 6) is 0.954. The predicted molar refractivity (Wildman–Crippen MR) is 49.0 cm³/mol. The molecule has 0 aliphatic rings. The van der Waals surface area contributed by atoms with Crippen LogP contribution in [0.3, 0.4) is 0 Å². The fraction of sp³-hybridized carbons (Fsp3) is 0.333. The van der Waals surface area contributed by atoms with E-state index >= 15 is 0 Å². The van der Waals surface area contributed by atoms with Crippen LogP contribution in [0.5, 0.6) is 5.88 Å². The minimum Gasteiger partial charge on any atom is -0.478 e. The number of pyridine rings is 1. The van der Waals surface area contributed by atoms with Crippen molar-refractivity contribution in [2.45, 2.75) is 12.8 Å². The van der Waals surface area contributed by atoms with Crippen LogP contribution in [-0.4, -0.2) is 11.6 Å². The topological polar surface area (TPSA) is 71.9 Å². The summed E-state index contributed by atoms with van der Waals surface area (Å²) in [4.78, 5) is 3.94. The van der Waals surface area contributed by atoms with Crippen molar-refractivity contribution in [2.24, 2.45) is 0 Å². The van der Waals surface area contributed by atoms with E-state index in [1.165, 1.54) is 0 Å². The molecule has 13 heavy (non-hydrogen) atoms. The van der Waals surface area contributed by atoms with Crippen LogP contribution in [-0.2, 0) is 0 Å². The van der Waals surface area contributed by atoms with Crippen molar-refractivity contribution in [1.82, 2.24) is 4.98 Å². The Balaban J connectivity index is 2.33. The molecule has 0 saturated carbocycles. The summed E-state index contributed by atoms with van der Waals surface area (Å²) in [5, 5.41) is 8.27. The second-order valence-electron chi connectivity index (χ2n) is 2.51. The van der Waals surface area contributed by atoms with Gasteiger partial charge in [0.25, 0.3) is 0 Å². The summed E-state index contributed by atoms with van der Waals surface area (Å²) in [6, 6.07) is 7.26. The molecule has 0 aliphatic heterocycles. The third kappa shape index (κ3) is 3.43. The van der Waals surface area contributed by atoms with E-state index in [1.54, 1.807) is 18.2 Å². The minimum absolute atomic E-state index is 0.442. The third-order valence-electron chi connectivity index (χ3n) is 1.43. The molecule has 0 radical (unpaired) electrons. The van der Waals surface area contributed by atoms with E-state index in [0.29, 0.717) is 31.1 Å². The lowest BCUT2D eigenvalue weighted by atomic mass is 10.3. The van der Waals surface area contributed by atoms with Crippen molar-refractivity contribution in [2.75, 3.05) is 12.3 Å². The Hall–Kier alpha value is -1.76. The van der Waals surface area contributed by atoms with Gasteiger partial charge in [0.1, 0.15) is 5.82 Å². The van der Waals surface area contributed by atoms with Crippen molar-refractivity contribution in [3.8, 4) is 11.9 Å². The van der Waals surface area contributed by atoms with Crippen LogP contribution < -0.4 is 10.5 Å². The maximum absolute atomic E-state index is 8.27. The van der Waals surface area contributed by atoms with Gasteiger partial charge in [0.2, 0.25) is 5.88 Å². The number of nitrogens with two attached hydrogens (primary N) is 1. The van der Waals surface area contributed by atoms with Gasteiger partial charge in [0.15, 0.2) is 0 Å². The minimum atomic E-state index is 0.442. The number of hydrogen-bond acceptors (Lipinski definition) is 4. The molecule has 1 aromatic heterocycles. The first-order chi connectivity index (χ1) is 6.33. The molecule has 0 aromatic carbocycles. The third-order valence-corrected chi connectivity index (χ3v) is 1.43. The van der Waals surface area contributed by atoms with Crippen molar-refractivity contribution in [3.63, 3.8) is 0 Å². The van der Waals surface area contributed by atoms with Crippen LogP contribution in [0, 0.1) is 11.3 Å². The molecule has 1 rings (SSSR count). The Kier molecular flexibility index (Phi) is 3.58. The fourth-order valence-electron chi connectivity index (χ4n) is 0.839. The van der Waals surface area contributed by atoms with Gasteiger partial charge < -0.3 is 10.5 Å². The summed E-state index contributed by atoms with van der Waals surface area (Å²) in [7, 11) is 0. The average molecular weight is 177 g/mol. The lowest BCUT2D eigenvalue weighted by Gasteiger charge is -2.03. The van der Waals surface area contributed by atoms with E-state index < -0.39 is 0 Å². The summed E-state index contributed by atoms with van der Waals surface area (Å²) in [6.07, 6.45) is 1.22. The van der Waals surface area contributed by atoms with E-state index in [9.17, 15) is 0 Å². The van der Waals surface area contributed by atoms with Gasteiger partial charge in [-0.1, -0.05) is 6.07 Å². The van der Waals surface area contributed by atoms with Crippen LogP contribution in [0.2, 0.25) is 0 Å². The Labute approximate surface area is 77.0 Å². The van der Waals surface area contributed by atoms with E-state index in [-0.39, 0.29) is 0 Å². The number of aromatic nitrogens is 1. The van der Waals surface area contributed by atoms with Gasteiger partial charge in [-0.05, 0) is 12.5 Å². The van der Waals surface area contributed by atoms with Crippen LogP contribution >= 0.6 is 0 Å². The second kappa shape index (κ2) is 4.99. The van der Waals surface area contributed by atoms with Gasteiger partial charge >= 0.3 is 0 Å². The first-order valence-corrected chi connectivity index (χ1v) is 4.05. The van der Waals surface area contributed by atoms with Crippen molar-refractivity contribution >= 4 is 5.82 Å². The average Bonchev–Trinajstić information content (AvgIpc) is 2.13. The highest BCUT2D eigenvalue weighted by atomic mass is 16.5. The molecular formula is C9H11N3O. The number of ether oxygens (including phenoxy) is 1. The highest BCUT2D eigenvalue weighted by Gasteiger charge is 1.94. The van der Waals surface area contributed by atoms with Gasteiger partial charge in [-0.2, -0.15) is 10.2 Å². The lowest BCUT2D eigenvalue weighted by molar-refractivity contribution is 0.301. The summed E-state index contributed by atoms with van der Waals surface area (Å²) in [6.45, 7) is 0.504. The Morgan fingerprint density at radius 2 is 2.38 bits per heavy atom. The zero-order chi connectivity index (χ0) is 9.52. The lowest BCUT2D eigenvalue weighted by Crippen LogP contribution is -1.99. The number of nitriles is 1. The Bertz CT molecular complexity index is 306. The smallest absolute Gasteiger partial charge is 0.215 e. The number of nitrogens with zero attached hydrogens (tertiary/aromatic N) is 2. The first kappa shape index (κ1) is 9.33. The maximum atomic E-state index is 8.27. The molecule has 0 unspecified atom stereocenters. The standard InChI is InChI=1S/C9H11N3O/c10-6-1-2-7-13-9-5-3-4-8(11)12-9/h3-5H,1-2,7H2,(H2,11,12). The fourth-order valence-corrected chi connectivity index (χ4v) is 0.839. The van der Waals surface area contributed by atoms with Crippen molar-refractivity contribution < 1.29 is 4.74 Å². The Morgan fingerprint density at radius 3 is 3.08 bits per heavy atom. The zero-order valence-corrected chi connectivity index (χ0v) is 7.23. The monoisotopic (exact) mass is 177 g/mol. The van der Waals surface area contributed by atoms with Crippen LogP contribution in [0.1, 0.15) is 12.8 Å². The molecular weight excluding hydrogens is 166 g/mol. The molecule has 1 heterocycles. The highest BCUT2D eigenvalue weighted by molar-refractivity contribution is 5.30. The highest BCUT2D eigenvalue weighted by Crippen LogP contribution is 2.08. The van der Waals surface area contributed by atoms with Crippen LogP contribution in [0.15, 0.2) is 18.2 Å². The van der Waals surface area contributed by atoms with Gasteiger partial charge in [0.05, 0.1) is 12.7 Å². The summed E-state index contributed by atoms with van der Waals surface area (Å²) >= 11 is 0. The SMILES string of the molecule is N#CCCCOc1cccc(N)n1. The molecule has 0 aliphatic carbocycles. The quantitative estimate of drug-likeness (QED) is 0.704. The number of rotatable bonds is 4. The van der Waals surface area contributed by atoms with Crippen molar-refractivity contribution in [1.29, 1.82) is 5.26 Å². The van der Waals surface area contributed by atoms with Crippen LogP contribution in [0.25, 0.3) is 0 Å². The molecule has 0 atom stereocenters. The van der Waals surface area contributed by atoms with Gasteiger partial charge in [-0.15, -0.1) is 0 Å². The molecule has 1 aromatic rings. The van der Waals surface area contributed by atoms with Gasteiger partial charge in [0, 0.05) is 12.5 Å². The van der Waals surface area contributed by atoms with E-state index in [1.807, 2.05) is 6.07 Å². The number of hydrogen-bond donors (Lipinski definition) is 1. The molecule has 4 heteroatoms. The van der Waals surface area contributed by atoms with Gasteiger partial charge in [-0.3, -0.25) is 0 Å². The zero-order valence-electron chi connectivity index (χ0n) is 7.23. The maximum Gasteiger partial charge on any atom is 0.215 e. The molecule has 0 fully saturated rings. The van der Waals surface area contributed by atoms with Crippen molar-refractivity contribution in [3.05, 3.63) is 18.2 Å². The normalized spacial score (nSPS) is 9.15. The largest absolute Gasteiger partial charge is 0.478 e. The van der Waals surface area contributed by atoms with E-state index in [0.717, 1.165) is 0 Å². The number of nitrogen functional groups attached to an aromatic ring is 1. The Morgan fingerprint density at radius 1 is 1.54 bits per heavy atom. The molecule has 0 saturated heterocycles. The van der Waals surface area contributed by atoms with E-state index in [4.69, 9.17) is 15.7 Å². The molecule has 4 nitrogen and oxygen atoms in total. The number of unbranched alkanes of at least 4 members (excludes halogenated alkanes) is 1. The second-order valence-corrected chi connectivity index (χ2v) is 2.51. The molecule has 0 bridgehead atoms. The van der Waals surface area contributed by atoms with Crippen LogP contribution in [0.4, 0.5) is 5.82 Å². The number of anilines is 1. The first-order valence-electron chi connectivity index (χ1n) is 4.05. The van der Waals surface area contributed by atoms with Gasteiger partial charge in [-0.25, -0.2) is 0 Å². The summed E-state index contributed by atoms with van der Waals surface area (Å²) < 4.78 is 5.25. The van der Waals surface area contributed by atoms with E-state index in [2.05, 4.69) is 4.98 Å². The molecule has 0 spiro atoms. The molecule has 0 amide bonds.